The Bertz CT molecular complexity index is 483. The van der Waals surface area contributed by atoms with Crippen molar-refractivity contribution in [2.45, 2.75) is 26.7 Å². The van der Waals surface area contributed by atoms with Crippen LogP contribution in [0.4, 0.5) is 10.5 Å². The average Bonchev–Trinajstić information content (AvgIpc) is 2.37. The third-order valence-electron chi connectivity index (χ3n) is 2.22. The Morgan fingerprint density at radius 3 is 2.47 bits per heavy atom. The molecule has 1 rings (SSSR count). The van der Waals surface area contributed by atoms with Crippen LogP contribution in [0.25, 0.3) is 0 Å². The first-order valence-electron chi connectivity index (χ1n) is 5.84. The number of rotatable bonds is 5. The fourth-order valence-electron chi connectivity index (χ4n) is 1.27. The number of nitrogens with one attached hydrogen (secondary N) is 1. The van der Waals surface area contributed by atoms with E-state index >= 15 is 0 Å². The second-order valence-corrected chi connectivity index (χ2v) is 4.29. The van der Waals surface area contributed by atoms with Crippen molar-refractivity contribution in [2.24, 2.45) is 5.16 Å². The first kappa shape index (κ1) is 15.2. The van der Waals surface area contributed by atoms with Gasteiger partial charge in [-0.1, -0.05) is 23.7 Å². The molecule has 0 radical (unpaired) electrons. The van der Waals surface area contributed by atoms with Crippen molar-refractivity contribution in [1.82, 2.24) is 0 Å². The van der Waals surface area contributed by atoms with E-state index in [-0.39, 0.29) is 11.0 Å². The van der Waals surface area contributed by atoms with Crippen LogP contribution in [0, 0.1) is 0 Å². The van der Waals surface area contributed by atoms with Gasteiger partial charge in [0.05, 0.1) is 0 Å². The summed E-state index contributed by atoms with van der Waals surface area (Å²) in [5.74, 6) is -0.0370. The van der Waals surface area contributed by atoms with E-state index in [1.807, 2.05) is 6.92 Å². The number of hydrogen-bond donors (Lipinski definition) is 1. The van der Waals surface area contributed by atoms with Gasteiger partial charge < -0.3 is 0 Å². The van der Waals surface area contributed by atoms with E-state index in [1.54, 1.807) is 24.3 Å². The maximum Gasteiger partial charge on any atom is 0.437 e. The van der Waals surface area contributed by atoms with Gasteiger partial charge >= 0.3 is 6.09 Å². The van der Waals surface area contributed by atoms with Gasteiger partial charge in [-0.2, -0.15) is 0 Å². The van der Waals surface area contributed by atoms with Gasteiger partial charge in [0.2, 0.25) is 0 Å². The maximum absolute atomic E-state index is 11.4. The van der Waals surface area contributed by atoms with Gasteiger partial charge in [0, 0.05) is 17.7 Å². The highest BCUT2D eigenvalue weighted by molar-refractivity contribution is 6.65. The van der Waals surface area contributed by atoms with E-state index in [1.165, 1.54) is 6.92 Å². The lowest BCUT2D eigenvalue weighted by atomic mass is 10.1. The first-order valence-corrected chi connectivity index (χ1v) is 6.22. The molecule has 6 heteroatoms. The van der Waals surface area contributed by atoms with Crippen LogP contribution in [-0.2, 0) is 4.84 Å². The van der Waals surface area contributed by atoms with E-state index in [0.717, 1.165) is 6.42 Å². The van der Waals surface area contributed by atoms with Gasteiger partial charge in [-0.3, -0.25) is 14.9 Å². The minimum absolute atomic E-state index is 0.0370. The quantitative estimate of drug-likeness (QED) is 0.387. The third kappa shape index (κ3) is 5.52. The molecular formula is C13H15ClN2O3. The van der Waals surface area contributed by atoms with E-state index in [4.69, 9.17) is 11.6 Å². The lowest BCUT2D eigenvalue weighted by Gasteiger charge is -2.03. The normalized spacial score (nSPS) is 11.0. The summed E-state index contributed by atoms with van der Waals surface area (Å²) >= 11 is 5.69. The first-order chi connectivity index (χ1) is 9.02. The predicted molar refractivity (Wildman–Crippen MR) is 74.7 cm³/mol. The van der Waals surface area contributed by atoms with Crippen molar-refractivity contribution < 1.29 is 14.4 Å². The summed E-state index contributed by atoms with van der Waals surface area (Å²) in [5.41, 5.74) is 1.08. The molecule has 1 aromatic rings. The number of carbonyl (C=O) groups excluding carboxylic acids is 2. The molecule has 0 heterocycles. The highest BCUT2D eigenvalue weighted by atomic mass is 35.5. The molecule has 0 spiro atoms. The second kappa shape index (κ2) is 7.53. The van der Waals surface area contributed by atoms with Crippen LogP contribution in [0.2, 0.25) is 0 Å². The Hall–Kier alpha value is -1.88. The van der Waals surface area contributed by atoms with E-state index < -0.39 is 6.09 Å². The Morgan fingerprint density at radius 2 is 1.95 bits per heavy atom. The van der Waals surface area contributed by atoms with Gasteiger partial charge in [0.15, 0.2) is 5.78 Å². The Balaban J connectivity index is 2.53. The molecule has 1 amide bonds. The molecular weight excluding hydrogens is 268 g/mol. The summed E-state index contributed by atoms with van der Waals surface area (Å²) in [5, 5.41) is 6.18. The number of hydrogen-bond acceptors (Lipinski definition) is 4. The van der Waals surface area contributed by atoms with Gasteiger partial charge in [0.25, 0.3) is 0 Å². The van der Waals surface area contributed by atoms with Gasteiger partial charge in [-0.15, -0.1) is 0 Å². The Morgan fingerprint density at radius 1 is 1.32 bits per heavy atom. The SMILES string of the molecule is CCCC(Cl)=NOC(=O)Nc1ccc(C(C)=O)cc1. The van der Waals surface area contributed by atoms with Crippen LogP contribution < -0.4 is 5.32 Å². The highest BCUT2D eigenvalue weighted by Crippen LogP contribution is 2.10. The molecule has 102 valence electrons. The minimum Gasteiger partial charge on any atom is -0.297 e. The number of carbonyl (C=O) groups is 2. The zero-order valence-corrected chi connectivity index (χ0v) is 11.5. The van der Waals surface area contributed by atoms with Crippen LogP contribution in [-0.4, -0.2) is 17.0 Å². The summed E-state index contributed by atoms with van der Waals surface area (Å²) in [6.45, 7) is 3.41. The van der Waals surface area contributed by atoms with Crippen molar-refractivity contribution in [3.05, 3.63) is 29.8 Å². The summed E-state index contributed by atoms with van der Waals surface area (Å²) in [7, 11) is 0. The molecule has 19 heavy (non-hydrogen) atoms. The third-order valence-corrected chi connectivity index (χ3v) is 2.48. The molecule has 0 atom stereocenters. The number of benzene rings is 1. The maximum atomic E-state index is 11.4. The van der Waals surface area contributed by atoms with Gasteiger partial charge in [-0.05, 0) is 37.6 Å². The van der Waals surface area contributed by atoms with E-state index in [0.29, 0.717) is 17.7 Å². The van der Waals surface area contributed by atoms with Gasteiger partial charge in [-0.25, -0.2) is 4.79 Å². The Labute approximate surface area is 116 Å². The standard InChI is InChI=1S/C13H15ClN2O3/c1-3-4-12(14)16-19-13(18)15-11-7-5-10(6-8-11)9(2)17/h5-8H,3-4H2,1-2H3,(H,15,18). The molecule has 0 aromatic heterocycles. The average molecular weight is 283 g/mol. The van der Waals surface area contributed by atoms with Crippen molar-refractivity contribution >= 4 is 34.3 Å². The molecule has 1 N–H and O–H groups in total. The van der Waals surface area contributed by atoms with Gasteiger partial charge in [0.1, 0.15) is 5.17 Å². The number of halogens is 1. The lowest BCUT2D eigenvalue weighted by molar-refractivity contribution is 0.101. The number of anilines is 1. The van der Waals surface area contributed by atoms with Crippen molar-refractivity contribution in [3.8, 4) is 0 Å². The fraction of sp³-hybridized carbons (Fsp3) is 0.308. The molecule has 0 unspecified atom stereocenters. The topological polar surface area (TPSA) is 67.8 Å². The van der Waals surface area contributed by atoms with Crippen LogP contribution in [0.1, 0.15) is 37.0 Å². The zero-order valence-electron chi connectivity index (χ0n) is 10.8. The Kier molecular flexibility index (Phi) is 6.02. The predicted octanol–water partition coefficient (Wildman–Crippen LogP) is 3.79. The summed E-state index contributed by atoms with van der Waals surface area (Å²) in [6, 6.07) is 6.45. The van der Waals surface area contributed by atoms with E-state index in [9.17, 15) is 9.59 Å². The summed E-state index contributed by atoms with van der Waals surface area (Å²) < 4.78 is 0. The fourth-order valence-corrected chi connectivity index (χ4v) is 1.50. The number of amides is 1. The van der Waals surface area contributed by atoms with Crippen molar-refractivity contribution in [1.29, 1.82) is 0 Å². The molecule has 0 aliphatic rings. The van der Waals surface area contributed by atoms with Crippen LogP contribution in [0.5, 0.6) is 0 Å². The number of Topliss-reactive ketones (excluding diaryl/α,β-unsaturated/α-hetero) is 1. The summed E-state index contributed by atoms with van der Waals surface area (Å²) in [4.78, 5) is 27.0. The van der Waals surface area contributed by atoms with Crippen LogP contribution >= 0.6 is 11.6 Å². The number of oxime groups is 1. The van der Waals surface area contributed by atoms with Crippen LogP contribution in [0.15, 0.2) is 29.4 Å². The number of nitrogens with zero attached hydrogens (tertiary/aromatic N) is 1. The largest absolute Gasteiger partial charge is 0.437 e. The summed E-state index contributed by atoms with van der Waals surface area (Å²) in [6.07, 6.45) is 0.645. The highest BCUT2D eigenvalue weighted by Gasteiger charge is 2.05. The molecule has 0 aliphatic carbocycles. The molecule has 5 nitrogen and oxygen atoms in total. The molecule has 0 fully saturated rings. The molecule has 0 saturated carbocycles. The molecule has 0 aliphatic heterocycles. The molecule has 0 saturated heterocycles. The van der Waals surface area contributed by atoms with Crippen LogP contribution in [0.3, 0.4) is 0 Å². The zero-order chi connectivity index (χ0) is 14.3. The number of ketones is 1. The second-order valence-electron chi connectivity index (χ2n) is 3.85. The van der Waals surface area contributed by atoms with Crippen molar-refractivity contribution in [2.75, 3.05) is 5.32 Å². The molecule has 1 aromatic carbocycles. The monoisotopic (exact) mass is 282 g/mol. The molecule has 0 bridgehead atoms. The van der Waals surface area contributed by atoms with Crippen molar-refractivity contribution in [3.63, 3.8) is 0 Å². The minimum atomic E-state index is -0.732. The smallest absolute Gasteiger partial charge is 0.297 e. The van der Waals surface area contributed by atoms with E-state index in [2.05, 4.69) is 15.3 Å². The lowest BCUT2D eigenvalue weighted by Crippen LogP contribution is -2.11.